The van der Waals surface area contributed by atoms with Crippen LogP contribution < -0.4 is 5.32 Å². The van der Waals surface area contributed by atoms with E-state index in [9.17, 15) is 9.59 Å². The second-order valence-electron chi connectivity index (χ2n) is 5.93. The predicted octanol–water partition coefficient (Wildman–Crippen LogP) is 1.44. The maximum atomic E-state index is 12.6. The molecule has 3 rings (SSSR count). The first-order chi connectivity index (χ1) is 8.72. The van der Waals surface area contributed by atoms with Gasteiger partial charge in [0.1, 0.15) is 12.1 Å². The third-order valence-electron chi connectivity index (χ3n) is 4.65. The number of piperazine rings is 1. The van der Waals surface area contributed by atoms with Crippen LogP contribution in [0.3, 0.4) is 0 Å². The minimum Gasteiger partial charge on any atom is -0.342 e. The topological polar surface area (TPSA) is 49.4 Å². The molecule has 2 amide bonds. The Hall–Kier alpha value is -1.06. The molecular formula is C14H22N2O2. The minimum atomic E-state index is -0.226. The Morgan fingerprint density at radius 2 is 1.83 bits per heavy atom. The van der Waals surface area contributed by atoms with Crippen molar-refractivity contribution in [1.82, 2.24) is 10.2 Å². The summed E-state index contributed by atoms with van der Waals surface area (Å²) >= 11 is 0. The van der Waals surface area contributed by atoms with Crippen LogP contribution in [0.15, 0.2) is 0 Å². The second-order valence-corrected chi connectivity index (χ2v) is 5.93. The molecule has 2 aliphatic carbocycles. The number of rotatable bonds is 3. The number of carbonyl (C=O) groups is 2. The first-order valence-corrected chi connectivity index (χ1v) is 7.35. The zero-order valence-electron chi connectivity index (χ0n) is 11.0. The Kier molecular flexibility index (Phi) is 3.04. The Balaban J connectivity index is 1.83. The summed E-state index contributed by atoms with van der Waals surface area (Å²) < 4.78 is 0. The Labute approximate surface area is 108 Å². The summed E-state index contributed by atoms with van der Waals surface area (Å²) in [5, 5.41) is 2.95. The quantitative estimate of drug-likeness (QED) is 0.824. The molecule has 0 spiro atoms. The van der Waals surface area contributed by atoms with Crippen LogP contribution in [0.1, 0.15) is 51.9 Å². The van der Waals surface area contributed by atoms with Crippen LogP contribution in [0.2, 0.25) is 0 Å². The zero-order chi connectivity index (χ0) is 12.7. The van der Waals surface area contributed by atoms with Crippen molar-refractivity contribution in [1.29, 1.82) is 0 Å². The first-order valence-electron chi connectivity index (χ1n) is 7.35. The smallest absolute Gasteiger partial charge is 0.246 e. The molecule has 0 aromatic rings. The molecule has 18 heavy (non-hydrogen) atoms. The van der Waals surface area contributed by atoms with Gasteiger partial charge in [-0.25, -0.2) is 0 Å². The van der Waals surface area contributed by atoms with E-state index >= 15 is 0 Å². The van der Waals surface area contributed by atoms with Crippen LogP contribution in [-0.4, -0.2) is 34.8 Å². The molecule has 4 heteroatoms. The lowest BCUT2D eigenvalue weighted by Gasteiger charge is -2.42. The van der Waals surface area contributed by atoms with Gasteiger partial charge in [0.05, 0.1) is 0 Å². The van der Waals surface area contributed by atoms with Gasteiger partial charge in [-0.2, -0.15) is 0 Å². The summed E-state index contributed by atoms with van der Waals surface area (Å²) in [6.07, 6.45) is 7.45. The molecule has 0 bridgehead atoms. The summed E-state index contributed by atoms with van der Waals surface area (Å²) in [5.74, 6) is 0.667. The lowest BCUT2D eigenvalue weighted by atomic mass is 9.99. The van der Waals surface area contributed by atoms with Gasteiger partial charge >= 0.3 is 0 Å². The molecule has 4 nitrogen and oxygen atoms in total. The SMILES string of the molecule is CCC1C(=O)NC(C2CC2)C(=O)N1C1CCCC1. The third kappa shape index (κ3) is 1.91. The van der Waals surface area contributed by atoms with Gasteiger partial charge in [-0.3, -0.25) is 9.59 Å². The fourth-order valence-corrected chi connectivity index (χ4v) is 3.50. The number of carbonyl (C=O) groups excluding carboxylic acids is 2. The molecular weight excluding hydrogens is 228 g/mol. The van der Waals surface area contributed by atoms with Crippen molar-refractivity contribution in [2.24, 2.45) is 5.92 Å². The van der Waals surface area contributed by atoms with E-state index in [-0.39, 0.29) is 23.9 Å². The van der Waals surface area contributed by atoms with Gasteiger partial charge in [0.25, 0.3) is 0 Å². The van der Waals surface area contributed by atoms with Crippen molar-refractivity contribution in [3.05, 3.63) is 0 Å². The number of nitrogens with zero attached hydrogens (tertiary/aromatic N) is 1. The van der Waals surface area contributed by atoms with E-state index in [4.69, 9.17) is 0 Å². The summed E-state index contributed by atoms with van der Waals surface area (Å²) in [5.41, 5.74) is 0. The fraction of sp³-hybridized carbons (Fsp3) is 0.857. The molecule has 2 atom stereocenters. The van der Waals surface area contributed by atoms with E-state index in [1.807, 2.05) is 11.8 Å². The molecule has 0 aromatic heterocycles. The number of hydrogen-bond acceptors (Lipinski definition) is 2. The molecule has 2 saturated carbocycles. The second kappa shape index (κ2) is 4.56. The maximum Gasteiger partial charge on any atom is 0.246 e. The molecule has 100 valence electrons. The van der Waals surface area contributed by atoms with Crippen LogP contribution in [0.4, 0.5) is 0 Å². The Morgan fingerprint density at radius 1 is 1.17 bits per heavy atom. The van der Waals surface area contributed by atoms with E-state index < -0.39 is 0 Å². The summed E-state index contributed by atoms with van der Waals surface area (Å²) in [6, 6.07) is -0.133. The van der Waals surface area contributed by atoms with Crippen LogP contribution in [0.25, 0.3) is 0 Å². The molecule has 1 saturated heterocycles. The van der Waals surface area contributed by atoms with Gasteiger partial charge in [0.15, 0.2) is 0 Å². The van der Waals surface area contributed by atoms with Gasteiger partial charge in [-0.15, -0.1) is 0 Å². The highest BCUT2D eigenvalue weighted by Gasteiger charge is 2.48. The van der Waals surface area contributed by atoms with E-state index in [2.05, 4.69) is 5.32 Å². The van der Waals surface area contributed by atoms with E-state index in [0.29, 0.717) is 12.0 Å². The highest BCUT2D eigenvalue weighted by atomic mass is 16.2. The molecule has 0 aromatic carbocycles. The van der Waals surface area contributed by atoms with Crippen molar-refractivity contribution in [3.63, 3.8) is 0 Å². The van der Waals surface area contributed by atoms with E-state index in [1.54, 1.807) is 0 Å². The lowest BCUT2D eigenvalue weighted by molar-refractivity contribution is -0.152. The van der Waals surface area contributed by atoms with Crippen LogP contribution >= 0.6 is 0 Å². The standard InChI is InChI=1S/C14H22N2O2/c1-2-11-13(17)15-12(9-7-8-9)14(18)16(11)10-5-3-4-6-10/h9-12H,2-8H2,1H3,(H,15,17). The van der Waals surface area contributed by atoms with Crippen molar-refractivity contribution in [2.75, 3.05) is 0 Å². The highest BCUT2D eigenvalue weighted by molar-refractivity contribution is 5.97. The van der Waals surface area contributed by atoms with Gasteiger partial charge < -0.3 is 10.2 Å². The number of nitrogens with one attached hydrogen (secondary N) is 1. The Morgan fingerprint density at radius 3 is 2.39 bits per heavy atom. The predicted molar refractivity (Wildman–Crippen MR) is 67.8 cm³/mol. The maximum absolute atomic E-state index is 12.6. The first kappa shape index (κ1) is 12.0. The average Bonchev–Trinajstić information content (AvgIpc) is 3.06. The van der Waals surface area contributed by atoms with Gasteiger partial charge in [-0.1, -0.05) is 19.8 Å². The molecule has 3 aliphatic rings. The molecule has 0 radical (unpaired) electrons. The van der Waals surface area contributed by atoms with E-state index in [1.165, 1.54) is 12.8 Å². The Bertz CT molecular complexity index is 359. The van der Waals surface area contributed by atoms with Gasteiger partial charge in [0, 0.05) is 6.04 Å². The van der Waals surface area contributed by atoms with Crippen LogP contribution in [0, 0.1) is 5.92 Å². The molecule has 1 aliphatic heterocycles. The molecule has 1 N–H and O–H groups in total. The number of hydrogen-bond donors (Lipinski definition) is 1. The van der Waals surface area contributed by atoms with Gasteiger partial charge in [-0.05, 0) is 38.0 Å². The summed E-state index contributed by atoms with van der Waals surface area (Å²) in [4.78, 5) is 26.7. The van der Waals surface area contributed by atoms with E-state index in [0.717, 1.165) is 32.1 Å². The van der Waals surface area contributed by atoms with Crippen molar-refractivity contribution in [2.45, 2.75) is 70.0 Å². The van der Waals surface area contributed by atoms with Crippen LogP contribution in [0.5, 0.6) is 0 Å². The molecule has 1 heterocycles. The molecule has 3 fully saturated rings. The van der Waals surface area contributed by atoms with Crippen molar-refractivity contribution < 1.29 is 9.59 Å². The zero-order valence-corrected chi connectivity index (χ0v) is 11.0. The fourth-order valence-electron chi connectivity index (χ4n) is 3.50. The van der Waals surface area contributed by atoms with Crippen LogP contribution in [-0.2, 0) is 9.59 Å². The van der Waals surface area contributed by atoms with Gasteiger partial charge in [0.2, 0.25) is 11.8 Å². The highest BCUT2D eigenvalue weighted by Crippen LogP contribution is 2.37. The monoisotopic (exact) mass is 250 g/mol. The minimum absolute atomic E-state index is 0.0703. The van der Waals surface area contributed by atoms with Crippen molar-refractivity contribution >= 4 is 11.8 Å². The number of amides is 2. The lowest BCUT2D eigenvalue weighted by Crippen LogP contribution is -2.65. The van der Waals surface area contributed by atoms with Crippen molar-refractivity contribution in [3.8, 4) is 0 Å². The summed E-state index contributed by atoms with van der Waals surface area (Å²) in [6.45, 7) is 2.00. The normalized spacial score (nSPS) is 33.9. The summed E-state index contributed by atoms with van der Waals surface area (Å²) in [7, 11) is 0. The largest absolute Gasteiger partial charge is 0.342 e. The molecule has 2 unspecified atom stereocenters. The average molecular weight is 250 g/mol. The third-order valence-corrected chi connectivity index (χ3v) is 4.65.